The van der Waals surface area contributed by atoms with E-state index in [2.05, 4.69) is 138 Å². The second kappa shape index (κ2) is 8.89. The zero-order chi connectivity index (χ0) is 25.6. The number of nitrogens with zero attached hydrogens (tertiary/aromatic N) is 2. The zero-order valence-electron chi connectivity index (χ0n) is 21.4. The summed E-state index contributed by atoms with van der Waals surface area (Å²) < 4.78 is 11.0. The molecule has 3 nitrogen and oxygen atoms in total. The van der Waals surface area contributed by atoms with Gasteiger partial charge in [-0.25, -0.2) is 0 Å². The van der Waals surface area contributed by atoms with Gasteiger partial charge in [0.05, 0.1) is 5.56 Å². The number of aryl methyl sites for hydroxylation is 1. The van der Waals surface area contributed by atoms with Crippen LogP contribution in [0.2, 0.25) is 0 Å². The molecular weight excluding hydrogens is 464 g/mol. The van der Waals surface area contributed by atoms with E-state index < -0.39 is 0 Å². The number of benzene rings is 5. The summed E-state index contributed by atoms with van der Waals surface area (Å²) in [7, 11) is 0. The summed E-state index contributed by atoms with van der Waals surface area (Å²) in [5.74, 6) is 1.11. The molecule has 0 unspecified atom stereocenters. The Balaban J connectivity index is 1.64. The average molecular weight is 492 g/mol. The normalized spacial score (nSPS) is 11.4. The molecule has 0 saturated carbocycles. The highest BCUT2D eigenvalue weighted by Gasteiger charge is 2.33. The van der Waals surface area contributed by atoms with Crippen LogP contribution >= 0.6 is 0 Å². The predicted molar refractivity (Wildman–Crippen MR) is 155 cm³/mol. The molecule has 2 aromatic heterocycles. The van der Waals surface area contributed by atoms with Crippen molar-refractivity contribution < 1.29 is 8.98 Å². The molecule has 0 aliphatic rings. The van der Waals surface area contributed by atoms with Gasteiger partial charge in [-0.05, 0) is 49.4 Å². The Morgan fingerprint density at radius 2 is 1.18 bits per heavy atom. The van der Waals surface area contributed by atoms with Crippen molar-refractivity contribution in [2.24, 2.45) is 0 Å². The van der Waals surface area contributed by atoms with Crippen molar-refractivity contribution in [1.29, 1.82) is 0 Å². The quantitative estimate of drug-likeness (QED) is 0.226. The molecule has 7 aromatic rings. The van der Waals surface area contributed by atoms with E-state index >= 15 is 0 Å². The van der Waals surface area contributed by atoms with Crippen molar-refractivity contribution in [2.45, 2.75) is 13.8 Å². The average Bonchev–Trinajstić information content (AvgIpc) is 3.48. The molecule has 0 fully saturated rings. The lowest BCUT2D eigenvalue weighted by atomic mass is 10.1. The molecular formula is C35H27N2O+. The summed E-state index contributed by atoms with van der Waals surface area (Å²) >= 11 is 0. The number of rotatable bonds is 4. The van der Waals surface area contributed by atoms with Gasteiger partial charge in [0.1, 0.15) is 22.5 Å². The SMILES string of the molecule is Cc1cc2oc3ccccc3c2cc1-[n+]1c(C)c(-c2ccccc2)n(-c2ccccc2)c1-c1ccccc1. The molecule has 2 heterocycles. The summed E-state index contributed by atoms with van der Waals surface area (Å²) in [5.41, 5.74) is 9.93. The van der Waals surface area contributed by atoms with Crippen molar-refractivity contribution >= 4 is 21.9 Å². The summed E-state index contributed by atoms with van der Waals surface area (Å²) in [5, 5.41) is 2.26. The lowest BCUT2D eigenvalue weighted by Gasteiger charge is -2.09. The molecule has 182 valence electrons. The van der Waals surface area contributed by atoms with Crippen molar-refractivity contribution in [3.63, 3.8) is 0 Å². The second-order valence-electron chi connectivity index (χ2n) is 9.73. The van der Waals surface area contributed by atoms with Crippen LogP contribution < -0.4 is 4.57 Å². The van der Waals surface area contributed by atoms with Crippen molar-refractivity contribution in [1.82, 2.24) is 4.57 Å². The number of imidazole rings is 1. The number of para-hydroxylation sites is 2. The van der Waals surface area contributed by atoms with Crippen molar-refractivity contribution in [3.8, 4) is 34.0 Å². The van der Waals surface area contributed by atoms with Crippen LogP contribution in [-0.2, 0) is 0 Å². The third kappa shape index (κ3) is 3.47. The molecule has 0 amide bonds. The molecule has 0 aliphatic heterocycles. The Morgan fingerprint density at radius 3 is 1.89 bits per heavy atom. The highest BCUT2D eigenvalue weighted by molar-refractivity contribution is 6.05. The Bertz CT molecular complexity index is 1910. The third-order valence-corrected chi connectivity index (χ3v) is 7.36. The molecule has 0 saturated heterocycles. The van der Waals surface area contributed by atoms with Gasteiger partial charge in [-0.3, -0.25) is 0 Å². The fraction of sp³-hybridized carbons (Fsp3) is 0.0571. The number of aromatic nitrogens is 2. The van der Waals surface area contributed by atoms with Crippen LogP contribution in [-0.4, -0.2) is 4.57 Å². The van der Waals surface area contributed by atoms with Gasteiger partial charge >= 0.3 is 0 Å². The minimum absolute atomic E-state index is 0.913. The van der Waals surface area contributed by atoms with Gasteiger partial charge in [0.2, 0.25) is 0 Å². The van der Waals surface area contributed by atoms with Crippen LogP contribution in [0.25, 0.3) is 56.0 Å². The maximum atomic E-state index is 6.22. The molecule has 0 aliphatic carbocycles. The number of fused-ring (bicyclic) bond motifs is 3. The first-order valence-corrected chi connectivity index (χ1v) is 13.0. The number of hydrogen-bond acceptors (Lipinski definition) is 1. The molecule has 0 atom stereocenters. The van der Waals surface area contributed by atoms with Crippen molar-refractivity contribution in [3.05, 3.63) is 139 Å². The number of hydrogen-bond donors (Lipinski definition) is 0. The van der Waals surface area contributed by atoms with Crippen LogP contribution in [0.3, 0.4) is 0 Å². The van der Waals surface area contributed by atoms with E-state index in [1.807, 2.05) is 12.1 Å². The smallest absolute Gasteiger partial charge is 0.300 e. The first-order chi connectivity index (χ1) is 18.7. The lowest BCUT2D eigenvalue weighted by Crippen LogP contribution is -2.36. The summed E-state index contributed by atoms with van der Waals surface area (Å²) in [6.45, 7) is 4.40. The molecule has 38 heavy (non-hydrogen) atoms. The van der Waals surface area contributed by atoms with Crippen LogP contribution in [0.15, 0.2) is 132 Å². The highest BCUT2D eigenvalue weighted by Crippen LogP contribution is 2.36. The molecule has 5 aromatic carbocycles. The Labute approximate surface area is 221 Å². The fourth-order valence-corrected chi connectivity index (χ4v) is 5.64. The van der Waals surface area contributed by atoms with Crippen LogP contribution in [0, 0.1) is 13.8 Å². The molecule has 0 N–H and O–H groups in total. The van der Waals surface area contributed by atoms with E-state index in [9.17, 15) is 0 Å². The van der Waals surface area contributed by atoms with Gasteiger partial charge in [-0.1, -0.05) is 84.9 Å². The molecule has 3 heteroatoms. The van der Waals surface area contributed by atoms with Crippen LogP contribution in [0.4, 0.5) is 0 Å². The monoisotopic (exact) mass is 491 g/mol. The predicted octanol–water partition coefficient (Wildman–Crippen LogP) is 8.60. The second-order valence-corrected chi connectivity index (χ2v) is 9.73. The maximum Gasteiger partial charge on any atom is 0.300 e. The van der Waals surface area contributed by atoms with Crippen LogP contribution in [0.1, 0.15) is 11.3 Å². The van der Waals surface area contributed by atoms with E-state index in [0.29, 0.717) is 0 Å². The Kier molecular flexibility index (Phi) is 5.22. The number of furan rings is 1. The van der Waals surface area contributed by atoms with Gasteiger partial charge in [0.25, 0.3) is 5.82 Å². The molecule has 0 spiro atoms. The van der Waals surface area contributed by atoms with Crippen LogP contribution in [0.5, 0.6) is 0 Å². The standard InChI is InChI=1S/C35H27N2O/c1-24-22-33-30(29-20-12-13-21-32(29)38-33)23-31(24)36-25(2)34(26-14-6-3-7-15-26)37(28-18-10-5-11-19-28)35(36)27-16-8-4-9-17-27/h3-23H,1-2H3/q+1. The van der Waals surface area contributed by atoms with Crippen molar-refractivity contribution in [2.75, 3.05) is 0 Å². The zero-order valence-corrected chi connectivity index (χ0v) is 21.4. The lowest BCUT2D eigenvalue weighted by molar-refractivity contribution is -0.589. The van der Waals surface area contributed by atoms with E-state index in [1.165, 1.54) is 17.0 Å². The Hall–Kier alpha value is -4.89. The highest BCUT2D eigenvalue weighted by atomic mass is 16.3. The molecule has 0 radical (unpaired) electrons. The van der Waals surface area contributed by atoms with E-state index in [0.717, 1.165) is 50.3 Å². The summed E-state index contributed by atoms with van der Waals surface area (Å²) in [6.07, 6.45) is 0. The van der Waals surface area contributed by atoms with E-state index in [-0.39, 0.29) is 0 Å². The largest absolute Gasteiger partial charge is 0.456 e. The fourth-order valence-electron chi connectivity index (χ4n) is 5.64. The van der Waals surface area contributed by atoms with Gasteiger partial charge in [0, 0.05) is 28.8 Å². The minimum Gasteiger partial charge on any atom is -0.456 e. The maximum absolute atomic E-state index is 6.22. The third-order valence-electron chi connectivity index (χ3n) is 7.36. The summed E-state index contributed by atoms with van der Waals surface area (Å²) in [4.78, 5) is 0. The summed E-state index contributed by atoms with van der Waals surface area (Å²) in [6, 6.07) is 44.8. The molecule has 0 bridgehead atoms. The van der Waals surface area contributed by atoms with E-state index in [4.69, 9.17) is 4.42 Å². The minimum atomic E-state index is 0.913. The van der Waals surface area contributed by atoms with Gasteiger partial charge in [-0.15, -0.1) is 0 Å². The Morgan fingerprint density at radius 1 is 0.579 bits per heavy atom. The topological polar surface area (TPSA) is 21.9 Å². The van der Waals surface area contributed by atoms with E-state index in [1.54, 1.807) is 0 Å². The van der Waals surface area contributed by atoms with Gasteiger partial charge in [0.15, 0.2) is 11.4 Å². The van der Waals surface area contributed by atoms with Gasteiger partial charge in [-0.2, -0.15) is 9.13 Å². The first-order valence-electron chi connectivity index (χ1n) is 13.0. The molecule has 7 rings (SSSR count). The first kappa shape index (κ1) is 22.3. The van der Waals surface area contributed by atoms with Gasteiger partial charge < -0.3 is 4.42 Å².